The van der Waals surface area contributed by atoms with Crippen LogP contribution >= 0.6 is 15.9 Å². The quantitative estimate of drug-likeness (QED) is 0.756. The highest BCUT2D eigenvalue weighted by atomic mass is 79.9. The molecule has 1 heterocycles. The molecule has 1 saturated heterocycles. The summed E-state index contributed by atoms with van der Waals surface area (Å²) in [5.41, 5.74) is 0.190. The fourth-order valence-corrected chi connectivity index (χ4v) is 4.14. The van der Waals surface area contributed by atoms with Gasteiger partial charge >= 0.3 is 6.09 Å². The summed E-state index contributed by atoms with van der Waals surface area (Å²) < 4.78 is 32.7. The Hall–Kier alpha value is -1.12. The molecule has 2 rings (SSSR count). The van der Waals surface area contributed by atoms with E-state index in [0.717, 1.165) is 10.0 Å². The number of amides is 1. The summed E-state index contributed by atoms with van der Waals surface area (Å²) in [5.74, 6) is -0.0350. The van der Waals surface area contributed by atoms with Crippen LogP contribution in [0.1, 0.15) is 26.3 Å². The van der Waals surface area contributed by atoms with Crippen molar-refractivity contribution in [2.45, 2.75) is 32.1 Å². The van der Waals surface area contributed by atoms with Gasteiger partial charge in [0.15, 0.2) is 0 Å². The first-order chi connectivity index (χ1) is 11.1. The summed E-state index contributed by atoms with van der Waals surface area (Å²) in [5, 5.41) is 0. The van der Waals surface area contributed by atoms with E-state index in [1.165, 1.54) is 4.31 Å². The van der Waals surface area contributed by atoms with Gasteiger partial charge in [-0.1, -0.05) is 28.1 Å². The largest absolute Gasteiger partial charge is 0.444 e. The summed E-state index contributed by atoms with van der Waals surface area (Å²) in [7, 11) is -3.39. The zero-order valence-electron chi connectivity index (χ0n) is 14.2. The average molecular weight is 419 g/mol. The number of halogens is 1. The first-order valence-electron chi connectivity index (χ1n) is 7.77. The molecule has 0 saturated carbocycles. The van der Waals surface area contributed by atoms with E-state index in [-0.39, 0.29) is 18.8 Å². The van der Waals surface area contributed by atoms with Crippen LogP contribution < -0.4 is 0 Å². The van der Waals surface area contributed by atoms with Gasteiger partial charge in [-0.05, 0) is 38.5 Å². The third kappa shape index (κ3) is 5.46. The third-order valence-electron chi connectivity index (χ3n) is 3.55. The first kappa shape index (κ1) is 19.2. The summed E-state index contributed by atoms with van der Waals surface area (Å²) in [6, 6.07) is 7.23. The van der Waals surface area contributed by atoms with E-state index in [0.29, 0.717) is 13.1 Å². The molecule has 0 atom stereocenters. The summed E-state index contributed by atoms with van der Waals surface area (Å²) in [4.78, 5) is 13.6. The van der Waals surface area contributed by atoms with E-state index in [1.807, 2.05) is 32.9 Å². The van der Waals surface area contributed by atoms with E-state index in [1.54, 1.807) is 17.0 Å². The number of rotatable bonds is 3. The van der Waals surface area contributed by atoms with Crippen LogP contribution in [0.25, 0.3) is 0 Å². The Bertz CT molecular complexity index is 675. The van der Waals surface area contributed by atoms with Gasteiger partial charge in [0.2, 0.25) is 10.0 Å². The smallest absolute Gasteiger partial charge is 0.410 e. The highest BCUT2D eigenvalue weighted by molar-refractivity contribution is 9.10. The lowest BCUT2D eigenvalue weighted by Crippen LogP contribution is -2.51. The van der Waals surface area contributed by atoms with E-state index in [4.69, 9.17) is 4.74 Å². The molecule has 1 aliphatic rings. The number of hydrogen-bond donors (Lipinski definition) is 0. The van der Waals surface area contributed by atoms with E-state index < -0.39 is 21.7 Å². The molecule has 6 nitrogen and oxygen atoms in total. The first-order valence-corrected chi connectivity index (χ1v) is 10.2. The fraction of sp³-hybridized carbons (Fsp3) is 0.562. The van der Waals surface area contributed by atoms with Crippen molar-refractivity contribution in [2.24, 2.45) is 0 Å². The Kier molecular flexibility index (Phi) is 5.93. The number of nitrogens with zero attached hydrogens (tertiary/aromatic N) is 2. The van der Waals surface area contributed by atoms with Crippen molar-refractivity contribution in [3.05, 3.63) is 34.3 Å². The summed E-state index contributed by atoms with van der Waals surface area (Å²) >= 11 is 3.33. The van der Waals surface area contributed by atoms with Crippen LogP contribution in [0.15, 0.2) is 28.7 Å². The minimum absolute atomic E-state index is 0.0350. The summed E-state index contributed by atoms with van der Waals surface area (Å²) in [6.07, 6.45) is -0.396. The maximum atomic E-state index is 12.5. The molecule has 0 aromatic heterocycles. The van der Waals surface area contributed by atoms with Crippen LogP contribution in [0, 0.1) is 0 Å². The van der Waals surface area contributed by atoms with Crippen LogP contribution in [-0.4, -0.2) is 55.5 Å². The second kappa shape index (κ2) is 7.41. The molecule has 0 bridgehead atoms. The molecule has 0 spiro atoms. The van der Waals surface area contributed by atoms with Gasteiger partial charge in [0.1, 0.15) is 5.60 Å². The molecule has 1 fully saturated rings. The molecule has 24 heavy (non-hydrogen) atoms. The molecule has 0 N–H and O–H groups in total. The number of ether oxygens (including phenoxy) is 1. The Morgan fingerprint density at radius 3 is 2.17 bits per heavy atom. The highest BCUT2D eigenvalue weighted by Gasteiger charge is 2.30. The number of carbonyl (C=O) groups is 1. The van der Waals surface area contributed by atoms with E-state index in [9.17, 15) is 13.2 Å². The van der Waals surface area contributed by atoms with Crippen LogP contribution in [0.4, 0.5) is 4.79 Å². The normalized spacial score (nSPS) is 16.9. The number of benzene rings is 1. The average Bonchev–Trinajstić information content (AvgIpc) is 2.48. The SMILES string of the molecule is CC(C)(C)OC(=O)N1CCN(S(=O)(=O)Cc2ccc(Br)cc2)CC1. The third-order valence-corrected chi connectivity index (χ3v) is 5.92. The maximum Gasteiger partial charge on any atom is 0.410 e. The predicted molar refractivity (Wildman–Crippen MR) is 96.1 cm³/mol. The molecule has 0 unspecified atom stereocenters. The molecule has 1 aromatic rings. The highest BCUT2D eigenvalue weighted by Crippen LogP contribution is 2.17. The number of piperazine rings is 1. The van der Waals surface area contributed by atoms with Crippen LogP contribution in [0.3, 0.4) is 0 Å². The maximum absolute atomic E-state index is 12.5. The molecule has 0 aliphatic carbocycles. The van der Waals surface area contributed by atoms with Crippen molar-refractivity contribution in [1.29, 1.82) is 0 Å². The fourth-order valence-electron chi connectivity index (χ4n) is 2.36. The lowest BCUT2D eigenvalue weighted by atomic mass is 10.2. The van der Waals surface area contributed by atoms with Gasteiger partial charge in [-0.25, -0.2) is 13.2 Å². The van der Waals surface area contributed by atoms with Crippen molar-refractivity contribution in [2.75, 3.05) is 26.2 Å². The second-order valence-corrected chi connectivity index (χ2v) is 9.63. The van der Waals surface area contributed by atoms with E-state index in [2.05, 4.69) is 15.9 Å². The Balaban J connectivity index is 1.93. The molecule has 1 amide bonds. The minimum atomic E-state index is -3.39. The van der Waals surface area contributed by atoms with Crippen LogP contribution in [-0.2, 0) is 20.5 Å². The van der Waals surface area contributed by atoms with Crippen molar-refractivity contribution in [3.8, 4) is 0 Å². The Morgan fingerprint density at radius 1 is 1.12 bits per heavy atom. The van der Waals surface area contributed by atoms with Gasteiger partial charge < -0.3 is 9.64 Å². The van der Waals surface area contributed by atoms with Crippen molar-refractivity contribution in [3.63, 3.8) is 0 Å². The molecule has 8 heteroatoms. The van der Waals surface area contributed by atoms with Crippen molar-refractivity contribution in [1.82, 2.24) is 9.21 Å². The Labute approximate surface area is 151 Å². The number of carbonyl (C=O) groups excluding carboxylic acids is 1. The standard InChI is InChI=1S/C16H23BrN2O4S/c1-16(2,3)23-15(20)18-8-10-19(11-9-18)24(21,22)12-13-4-6-14(17)7-5-13/h4-7H,8-12H2,1-3H3. The lowest BCUT2D eigenvalue weighted by molar-refractivity contribution is 0.0192. The molecule has 0 radical (unpaired) electrons. The lowest BCUT2D eigenvalue weighted by Gasteiger charge is -2.35. The van der Waals surface area contributed by atoms with Gasteiger partial charge in [-0.3, -0.25) is 0 Å². The molecular weight excluding hydrogens is 396 g/mol. The van der Waals surface area contributed by atoms with Crippen molar-refractivity contribution >= 4 is 32.0 Å². The monoisotopic (exact) mass is 418 g/mol. The van der Waals surface area contributed by atoms with Gasteiger partial charge in [0, 0.05) is 30.7 Å². The zero-order valence-corrected chi connectivity index (χ0v) is 16.6. The van der Waals surface area contributed by atoms with Gasteiger partial charge in [0.25, 0.3) is 0 Å². The molecule has 134 valence electrons. The van der Waals surface area contributed by atoms with Gasteiger partial charge in [-0.2, -0.15) is 4.31 Å². The van der Waals surface area contributed by atoms with Gasteiger partial charge in [-0.15, -0.1) is 0 Å². The van der Waals surface area contributed by atoms with Crippen LogP contribution in [0.5, 0.6) is 0 Å². The topological polar surface area (TPSA) is 66.9 Å². The van der Waals surface area contributed by atoms with E-state index >= 15 is 0 Å². The minimum Gasteiger partial charge on any atom is -0.444 e. The van der Waals surface area contributed by atoms with Crippen molar-refractivity contribution < 1.29 is 17.9 Å². The number of sulfonamides is 1. The second-order valence-electron chi connectivity index (χ2n) is 6.75. The molecule has 1 aromatic carbocycles. The number of hydrogen-bond acceptors (Lipinski definition) is 4. The van der Waals surface area contributed by atoms with Gasteiger partial charge in [0.05, 0.1) is 5.75 Å². The zero-order chi connectivity index (χ0) is 18.0. The summed E-state index contributed by atoms with van der Waals surface area (Å²) in [6.45, 7) is 6.69. The predicted octanol–water partition coefficient (Wildman–Crippen LogP) is 2.83. The van der Waals surface area contributed by atoms with Crippen LogP contribution in [0.2, 0.25) is 0 Å². The molecule has 1 aliphatic heterocycles. The Morgan fingerprint density at radius 2 is 1.67 bits per heavy atom. The molecular formula is C16H23BrN2O4S.